The van der Waals surface area contributed by atoms with E-state index >= 15 is 0 Å². The highest BCUT2D eigenvalue weighted by atomic mass is 16.5. The van der Waals surface area contributed by atoms with E-state index in [1.165, 1.54) is 38.4 Å². The molecule has 3 atom stereocenters. The lowest BCUT2D eigenvalue weighted by Gasteiger charge is -2.18. The number of rotatable bonds is 7. The lowest BCUT2D eigenvalue weighted by atomic mass is 9.86. The van der Waals surface area contributed by atoms with Crippen molar-refractivity contribution in [3.05, 3.63) is 35.4 Å². The Morgan fingerprint density at radius 2 is 1.96 bits per heavy atom. The van der Waals surface area contributed by atoms with Gasteiger partial charge in [-0.1, -0.05) is 57.4 Å². The van der Waals surface area contributed by atoms with Crippen LogP contribution in [-0.4, -0.2) is 18.9 Å². The summed E-state index contributed by atoms with van der Waals surface area (Å²) in [7, 11) is 1.35. The van der Waals surface area contributed by atoms with E-state index in [1.54, 1.807) is 0 Å². The fourth-order valence-electron chi connectivity index (χ4n) is 3.57. The third-order valence-corrected chi connectivity index (χ3v) is 5.08. The van der Waals surface area contributed by atoms with Crippen molar-refractivity contribution in [3.8, 4) is 0 Å². The van der Waals surface area contributed by atoms with Gasteiger partial charge in [-0.05, 0) is 29.9 Å². The van der Waals surface area contributed by atoms with Crippen LogP contribution in [0.3, 0.4) is 0 Å². The van der Waals surface area contributed by atoms with Crippen molar-refractivity contribution in [1.82, 2.24) is 0 Å². The monoisotopic (exact) mass is 316 g/mol. The molecular formula is C20H28O3. The smallest absolute Gasteiger partial charge is 0.316 e. The van der Waals surface area contributed by atoms with E-state index in [9.17, 15) is 9.59 Å². The summed E-state index contributed by atoms with van der Waals surface area (Å²) in [6.07, 6.45) is 6.22. The number of carbonyl (C=O) groups excluding carboxylic acids is 2. The van der Waals surface area contributed by atoms with Crippen molar-refractivity contribution in [2.45, 2.75) is 64.2 Å². The third kappa shape index (κ3) is 4.21. The van der Waals surface area contributed by atoms with Crippen LogP contribution in [0.5, 0.6) is 0 Å². The molecule has 1 aromatic rings. The summed E-state index contributed by atoms with van der Waals surface area (Å²) >= 11 is 0. The van der Waals surface area contributed by atoms with Crippen molar-refractivity contribution in [2.75, 3.05) is 7.11 Å². The second-order valence-electron chi connectivity index (χ2n) is 6.68. The molecule has 0 radical (unpaired) electrons. The second-order valence-corrected chi connectivity index (χ2v) is 6.68. The number of unbranched alkanes of at least 4 members (excludes halogenated alkanes) is 2. The van der Waals surface area contributed by atoms with Gasteiger partial charge in [0, 0.05) is 12.3 Å². The number of ketones is 1. The molecule has 0 unspecified atom stereocenters. The maximum atomic E-state index is 12.0. The lowest BCUT2D eigenvalue weighted by Crippen LogP contribution is -2.25. The van der Waals surface area contributed by atoms with Crippen molar-refractivity contribution in [3.63, 3.8) is 0 Å². The first-order valence-corrected chi connectivity index (χ1v) is 8.78. The van der Waals surface area contributed by atoms with Gasteiger partial charge in [0.2, 0.25) is 0 Å². The SMILES string of the molecule is CCCCC[C@H](C)c1ccc([C@H]2CCC(=O)[C@@H]2C(=O)OC)cc1. The van der Waals surface area contributed by atoms with Gasteiger partial charge < -0.3 is 4.74 Å². The maximum Gasteiger partial charge on any atom is 0.316 e. The predicted octanol–water partition coefficient (Wildman–Crippen LogP) is 4.61. The molecule has 0 heterocycles. The van der Waals surface area contributed by atoms with Crippen LogP contribution >= 0.6 is 0 Å². The number of hydrogen-bond acceptors (Lipinski definition) is 3. The average Bonchev–Trinajstić information content (AvgIpc) is 2.96. The van der Waals surface area contributed by atoms with E-state index in [-0.39, 0.29) is 11.7 Å². The van der Waals surface area contributed by atoms with Crippen molar-refractivity contribution in [1.29, 1.82) is 0 Å². The molecule has 1 saturated carbocycles. The lowest BCUT2D eigenvalue weighted by molar-refractivity contribution is -0.148. The van der Waals surface area contributed by atoms with Gasteiger partial charge in [0.25, 0.3) is 0 Å². The Kier molecular flexibility index (Phi) is 6.37. The van der Waals surface area contributed by atoms with E-state index < -0.39 is 11.9 Å². The molecule has 0 aliphatic heterocycles. The topological polar surface area (TPSA) is 43.4 Å². The molecule has 3 heteroatoms. The normalized spacial score (nSPS) is 22.1. The first kappa shape index (κ1) is 17.7. The summed E-state index contributed by atoms with van der Waals surface area (Å²) in [4.78, 5) is 23.9. The first-order valence-electron chi connectivity index (χ1n) is 8.78. The van der Waals surface area contributed by atoms with Gasteiger partial charge in [0.1, 0.15) is 11.7 Å². The van der Waals surface area contributed by atoms with E-state index in [2.05, 4.69) is 38.1 Å². The number of ether oxygens (including phenoxy) is 1. The van der Waals surface area contributed by atoms with E-state index in [0.717, 1.165) is 12.0 Å². The third-order valence-electron chi connectivity index (χ3n) is 5.08. The molecule has 0 saturated heterocycles. The zero-order valence-corrected chi connectivity index (χ0v) is 14.5. The molecular weight excluding hydrogens is 288 g/mol. The number of esters is 1. The minimum Gasteiger partial charge on any atom is -0.468 e. The van der Waals surface area contributed by atoms with Gasteiger partial charge in [0.15, 0.2) is 0 Å². The Balaban J connectivity index is 2.06. The molecule has 1 aliphatic carbocycles. The van der Waals surface area contributed by atoms with Crippen LogP contribution in [0.1, 0.15) is 75.3 Å². The zero-order chi connectivity index (χ0) is 16.8. The summed E-state index contributed by atoms with van der Waals surface area (Å²) < 4.78 is 4.81. The quantitative estimate of drug-likeness (QED) is 0.419. The highest BCUT2D eigenvalue weighted by Gasteiger charge is 2.41. The Labute approximate surface area is 139 Å². The Morgan fingerprint density at radius 1 is 1.26 bits per heavy atom. The minimum atomic E-state index is -0.618. The summed E-state index contributed by atoms with van der Waals surface area (Å²) in [5.74, 6) is -0.474. The fourth-order valence-corrected chi connectivity index (χ4v) is 3.57. The van der Waals surface area contributed by atoms with Gasteiger partial charge in [-0.3, -0.25) is 9.59 Å². The highest BCUT2D eigenvalue weighted by Crippen LogP contribution is 2.38. The molecule has 0 amide bonds. The van der Waals surface area contributed by atoms with Crippen molar-refractivity contribution < 1.29 is 14.3 Å². The van der Waals surface area contributed by atoms with Crippen LogP contribution in [-0.2, 0) is 14.3 Å². The first-order chi connectivity index (χ1) is 11.1. The number of carbonyl (C=O) groups is 2. The number of hydrogen-bond donors (Lipinski definition) is 0. The van der Waals surface area contributed by atoms with Crippen molar-refractivity contribution in [2.24, 2.45) is 5.92 Å². The molecule has 2 rings (SSSR count). The molecule has 0 aromatic heterocycles. The van der Waals surface area contributed by atoms with Crippen LogP contribution in [0.25, 0.3) is 0 Å². The minimum absolute atomic E-state index is 0.0128. The van der Waals surface area contributed by atoms with Gasteiger partial charge in [-0.2, -0.15) is 0 Å². The van der Waals surface area contributed by atoms with Gasteiger partial charge >= 0.3 is 5.97 Å². The second kappa shape index (κ2) is 8.28. The number of benzene rings is 1. The van der Waals surface area contributed by atoms with Crippen molar-refractivity contribution >= 4 is 11.8 Å². The van der Waals surface area contributed by atoms with Gasteiger partial charge in [0.05, 0.1) is 7.11 Å². The predicted molar refractivity (Wildman–Crippen MR) is 91.5 cm³/mol. The Bertz CT molecular complexity index is 532. The van der Waals surface area contributed by atoms with Crippen LogP contribution in [0.2, 0.25) is 0 Å². The molecule has 1 aliphatic rings. The van der Waals surface area contributed by atoms with Crippen LogP contribution in [0.4, 0.5) is 0 Å². The molecule has 1 aromatic carbocycles. The molecule has 126 valence electrons. The molecule has 23 heavy (non-hydrogen) atoms. The molecule has 0 bridgehead atoms. The summed E-state index contributed by atoms with van der Waals surface area (Å²) in [6.45, 7) is 4.49. The largest absolute Gasteiger partial charge is 0.468 e. The number of methoxy groups -OCH3 is 1. The van der Waals surface area contributed by atoms with Gasteiger partial charge in [-0.15, -0.1) is 0 Å². The molecule has 3 nitrogen and oxygen atoms in total. The summed E-state index contributed by atoms with van der Waals surface area (Å²) in [6, 6.07) is 8.49. The standard InChI is InChI=1S/C20H28O3/c1-4-5-6-7-14(2)15-8-10-16(11-9-15)17-12-13-18(21)19(17)20(22)23-3/h8-11,14,17,19H,4-7,12-13H2,1-3H3/t14-,17+,19+/m0/s1. The Morgan fingerprint density at radius 3 is 2.57 bits per heavy atom. The van der Waals surface area contributed by atoms with Gasteiger partial charge in [-0.25, -0.2) is 0 Å². The fraction of sp³-hybridized carbons (Fsp3) is 0.600. The van der Waals surface area contributed by atoms with Crippen LogP contribution in [0.15, 0.2) is 24.3 Å². The summed E-state index contributed by atoms with van der Waals surface area (Å²) in [5.41, 5.74) is 2.42. The highest BCUT2D eigenvalue weighted by molar-refractivity contribution is 6.01. The zero-order valence-electron chi connectivity index (χ0n) is 14.5. The molecule has 0 N–H and O–H groups in total. The van der Waals surface area contributed by atoms with Crippen LogP contribution < -0.4 is 0 Å². The van der Waals surface area contributed by atoms with E-state index in [1.807, 2.05) is 0 Å². The Hall–Kier alpha value is -1.64. The maximum absolute atomic E-state index is 12.0. The van der Waals surface area contributed by atoms with Crippen LogP contribution in [0, 0.1) is 5.92 Å². The molecule has 1 fully saturated rings. The molecule has 0 spiro atoms. The number of Topliss-reactive ketones (excluding diaryl/α,β-unsaturated/α-hetero) is 1. The van der Waals surface area contributed by atoms with E-state index in [4.69, 9.17) is 4.74 Å². The van der Waals surface area contributed by atoms with E-state index in [0.29, 0.717) is 12.3 Å². The average molecular weight is 316 g/mol. The summed E-state index contributed by atoms with van der Waals surface area (Å²) in [5, 5.41) is 0.